The molecule has 0 bridgehead atoms. The van der Waals surface area contributed by atoms with E-state index in [0.717, 1.165) is 25.9 Å². The number of nitrogens with zero attached hydrogens (tertiary/aromatic N) is 1. The van der Waals surface area contributed by atoms with Gasteiger partial charge >= 0.3 is 6.03 Å². The molecule has 0 atom stereocenters. The highest BCUT2D eigenvalue weighted by Gasteiger charge is 2.18. The average Bonchev–Trinajstić information content (AvgIpc) is 2.60. The first-order chi connectivity index (χ1) is 7.24. The lowest BCUT2D eigenvalue weighted by molar-refractivity contribution is -0.127. The smallest absolute Gasteiger partial charge is 0.318 e. The van der Waals surface area contributed by atoms with E-state index in [1.807, 2.05) is 4.90 Å². The molecule has 0 radical (unpaired) electrons. The lowest BCUT2D eigenvalue weighted by atomic mass is 10.4. The van der Waals surface area contributed by atoms with Crippen LogP contribution in [0, 0.1) is 0 Å². The van der Waals surface area contributed by atoms with Crippen molar-refractivity contribution in [3.05, 3.63) is 12.8 Å². The van der Waals surface area contributed by atoms with Gasteiger partial charge in [0.25, 0.3) is 0 Å². The van der Waals surface area contributed by atoms with Gasteiger partial charge in [0.1, 0.15) is 0 Å². The van der Waals surface area contributed by atoms with E-state index < -0.39 is 0 Å². The molecule has 1 saturated heterocycles. The molecule has 0 spiro atoms. The van der Waals surface area contributed by atoms with Crippen LogP contribution in [0.5, 0.6) is 0 Å². The van der Waals surface area contributed by atoms with Crippen LogP contribution in [0.3, 0.4) is 0 Å². The number of urea groups is 1. The molecule has 3 amide bonds. The minimum atomic E-state index is -0.252. The number of nitrogens with one attached hydrogen (secondary N) is 2. The van der Waals surface area contributed by atoms with Crippen LogP contribution in [0.2, 0.25) is 0 Å². The molecular weight excluding hydrogens is 194 g/mol. The first-order valence-corrected chi connectivity index (χ1v) is 5.17. The van der Waals surface area contributed by atoms with Crippen molar-refractivity contribution in [2.75, 3.05) is 19.6 Å². The lowest BCUT2D eigenvalue weighted by Crippen LogP contribution is -2.34. The van der Waals surface area contributed by atoms with Gasteiger partial charge in [0.2, 0.25) is 5.91 Å². The predicted octanol–water partition coefficient (Wildman–Crippen LogP) is 0.442. The lowest BCUT2D eigenvalue weighted by Gasteiger charge is -2.15. The van der Waals surface area contributed by atoms with Crippen molar-refractivity contribution >= 4 is 11.9 Å². The van der Waals surface area contributed by atoms with Crippen molar-refractivity contribution in [2.24, 2.45) is 0 Å². The molecule has 2 N–H and O–H groups in total. The summed E-state index contributed by atoms with van der Waals surface area (Å²) in [5.74, 6) is 0.227. The normalized spacial score (nSPS) is 15.2. The third-order valence-electron chi connectivity index (χ3n) is 2.29. The van der Waals surface area contributed by atoms with Gasteiger partial charge < -0.3 is 15.5 Å². The Kier molecular flexibility index (Phi) is 4.66. The highest BCUT2D eigenvalue weighted by molar-refractivity contribution is 5.78. The number of hydrogen-bond acceptors (Lipinski definition) is 2. The van der Waals surface area contributed by atoms with Crippen molar-refractivity contribution in [1.82, 2.24) is 15.5 Å². The summed E-state index contributed by atoms with van der Waals surface area (Å²) in [6.07, 6.45) is 3.75. The second-order valence-corrected chi connectivity index (χ2v) is 3.44. The summed E-state index contributed by atoms with van der Waals surface area (Å²) in [5, 5.41) is 5.08. The maximum Gasteiger partial charge on any atom is 0.318 e. The SMILES string of the molecule is C=CNC(=O)NCCCN1CCCC1=O. The van der Waals surface area contributed by atoms with Crippen molar-refractivity contribution < 1.29 is 9.59 Å². The minimum Gasteiger partial charge on any atom is -0.343 e. The van der Waals surface area contributed by atoms with Crippen molar-refractivity contribution in [1.29, 1.82) is 0 Å². The minimum absolute atomic E-state index is 0.227. The molecule has 1 heterocycles. The number of carbonyl (C=O) groups is 2. The fourth-order valence-electron chi connectivity index (χ4n) is 1.56. The van der Waals surface area contributed by atoms with Crippen LogP contribution < -0.4 is 10.6 Å². The van der Waals surface area contributed by atoms with E-state index in [-0.39, 0.29) is 11.9 Å². The molecular formula is C10H17N3O2. The predicted molar refractivity (Wildman–Crippen MR) is 57.2 cm³/mol. The van der Waals surface area contributed by atoms with Crippen LogP contribution >= 0.6 is 0 Å². The monoisotopic (exact) mass is 211 g/mol. The molecule has 1 aliphatic heterocycles. The molecule has 1 aliphatic rings. The summed E-state index contributed by atoms with van der Waals surface area (Å²) in [5.41, 5.74) is 0. The summed E-state index contributed by atoms with van der Waals surface area (Å²) >= 11 is 0. The zero-order valence-electron chi connectivity index (χ0n) is 8.79. The topological polar surface area (TPSA) is 61.4 Å². The number of amides is 3. The maximum atomic E-state index is 11.2. The summed E-state index contributed by atoms with van der Waals surface area (Å²) < 4.78 is 0. The molecule has 1 fully saturated rings. The summed E-state index contributed by atoms with van der Waals surface area (Å²) in [6, 6.07) is -0.252. The molecule has 0 aromatic heterocycles. The Hall–Kier alpha value is -1.52. The van der Waals surface area contributed by atoms with E-state index in [0.29, 0.717) is 13.0 Å². The third-order valence-corrected chi connectivity index (χ3v) is 2.29. The fraction of sp³-hybridized carbons (Fsp3) is 0.600. The van der Waals surface area contributed by atoms with Crippen molar-refractivity contribution in [3.8, 4) is 0 Å². The fourth-order valence-corrected chi connectivity index (χ4v) is 1.56. The first-order valence-electron chi connectivity index (χ1n) is 5.17. The van der Waals surface area contributed by atoms with Crippen LogP contribution in [0.25, 0.3) is 0 Å². The third kappa shape index (κ3) is 4.01. The largest absolute Gasteiger partial charge is 0.343 e. The zero-order chi connectivity index (χ0) is 11.1. The summed E-state index contributed by atoms with van der Waals surface area (Å²) in [7, 11) is 0. The molecule has 0 saturated carbocycles. The highest BCUT2D eigenvalue weighted by atomic mass is 16.2. The Morgan fingerprint density at radius 1 is 1.60 bits per heavy atom. The van der Waals surface area contributed by atoms with E-state index in [4.69, 9.17) is 0 Å². The van der Waals surface area contributed by atoms with E-state index in [2.05, 4.69) is 17.2 Å². The van der Waals surface area contributed by atoms with Crippen LogP contribution in [-0.4, -0.2) is 36.5 Å². The maximum absolute atomic E-state index is 11.2. The first kappa shape index (κ1) is 11.6. The number of likely N-dealkylation sites (tertiary alicyclic amines) is 1. The van der Waals surface area contributed by atoms with Crippen molar-refractivity contribution in [2.45, 2.75) is 19.3 Å². The Balaban J connectivity index is 2.03. The van der Waals surface area contributed by atoms with Gasteiger partial charge in [-0.2, -0.15) is 0 Å². The molecule has 0 unspecified atom stereocenters. The Labute approximate surface area is 89.5 Å². The summed E-state index contributed by atoms with van der Waals surface area (Å²) in [6.45, 7) is 5.54. The van der Waals surface area contributed by atoms with Crippen molar-refractivity contribution in [3.63, 3.8) is 0 Å². The van der Waals surface area contributed by atoms with Crippen LogP contribution in [0.4, 0.5) is 4.79 Å². The van der Waals surface area contributed by atoms with E-state index in [1.165, 1.54) is 6.20 Å². The van der Waals surface area contributed by atoms with E-state index in [9.17, 15) is 9.59 Å². The molecule has 0 aromatic carbocycles. The van der Waals surface area contributed by atoms with E-state index in [1.54, 1.807) is 0 Å². The quantitative estimate of drug-likeness (QED) is 0.648. The molecule has 84 valence electrons. The molecule has 15 heavy (non-hydrogen) atoms. The van der Waals surface area contributed by atoms with Gasteiger partial charge in [0.15, 0.2) is 0 Å². The van der Waals surface area contributed by atoms with Crippen LogP contribution in [-0.2, 0) is 4.79 Å². The Bertz CT molecular complexity index is 253. The van der Waals surface area contributed by atoms with Crippen LogP contribution in [0.1, 0.15) is 19.3 Å². The number of rotatable bonds is 5. The van der Waals surface area contributed by atoms with E-state index >= 15 is 0 Å². The molecule has 5 nitrogen and oxygen atoms in total. The zero-order valence-corrected chi connectivity index (χ0v) is 8.79. The molecule has 0 aromatic rings. The second kappa shape index (κ2) is 6.06. The van der Waals surface area contributed by atoms with Gasteiger partial charge in [-0.25, -0.2) is 4.79 Å². The summed E-state index contributed by atoms with van der Waals surface area (Å²) in [4.78, 5) is 24.0. The Morgan fingerprint density at radius 2 is 2.40 bits per heavy atom. The van der Waals surface area contributed by atoms with Gasteiger partial charge in [-0.05, 0) is 19.0 Å². The molecule has 1 rings (SSSR count). The van der Waals surface area contributed by atoms with Crippen LogP contribution in [0.15, 0.2) is 12.8 Å². The van der Waals surface area contributed by atoms with Gasteiger partial charge in [0, 0.05) is 26.1 Å². The molecule has 0 aliphatic carbocycles. The molecule has 5 heteroatoms. The number of carbonyl (C=O) groups excluding carboxylic acids is 2. The number of hydrogen-bond donors (Lipinski definition) is 2. The van der Waals surface area contributed by atoms with Gasteiger partial charge in [-0.3, -0.25) is 4.79 Å². The Morgan fingerprint density at radius 3 is 3.00 bits per heavy atom. The highest BCUT2D eigenvalue weighted by Crippen LogP contribution is 2.09. The van der Waals surface area contributed by atoms with Gasteiger partial charge in [0.05, 0.1) is 0 Å². The van der Waals surface area contributed by atoms with Gasteiger partial charge in [-0.1, -0.05) is 6.58 Å². The van der Waals surface area contributed by atoms with Gasteiger partial charge in [-0.15, -0.1) is 0 Å². The second-order valence-electron chi connectivity index (χ2n) is 3.44. The average molecular weight is 211 g/mol. The standard InChI is InChI=1S/C10H17N3O2/c1-2-11-10(15)12-6-4-8-13-7-3-5-9(13)14/h2H,1,3-8H2,(H2,11,12,15).